The number of amidine groups is 1. The summed E-state index contributed by atoms with van der Waals surface area (Å²) >= 11 is 0. The molecule has 1 saturated carbocycles. The molecule has 2 fully saturated rings. The molecule has 1 saturated heterocycles. The zero-order valence-corrected chi connectivity index (χ0v) is 15.0. The molecule has 5 N–H and O–H groups in total. The number of hydrogen-bond acceptors (Lipinski definition) is 9. The molecule has 3 aliphatic rings. The Morgan fingerprint density at radius 1 is 1.48 bits per heavy atom. The van der Waals surface area contributed by atoms with E-state index in [9.17, 15) is 9.67 Å². The SMILES string of the molecule is CN1N=C(N)c2cn([C@H]3CC4(O)C(COP(=O)(O)O)C4O3)c3ncnc1c23. The van der Waals surface area contributed by atoms with Gasteiger partial charge in [0.05, 0.1) is 18.1 Å². The van der Waals surface area contributed by atoms with Crippen molar-refractivity contribution >= 4 is 30.5 Å². The van der Waals surface area contributed by atoms with E-state index in [0.717, 1.165) is 5.39 Å². The molecule has 1 aliphatic carbocycles. The maximum absolute atomic E-state index is 10.9. The number of nitrogens with two attached hydrogens (primary N) is 1. The molecule has 2 aliphatic heterocycles. The van der Waals surface area contributed by atoms with Crippen LogP contribution in [0.1, 0.15) is 18.2 Å². The molecule has 2 aromatic rings. The molecule has 4 heterocycles. The number of nitrogens with zero attached hydrogens (tertiary/aromatic N) is 5. The number of aliphatic hydroxyl groups is 1. The monoisotopic (exact) mass is 396 g/mol. The predicted octanol–water partition coefficient (Wildman–Crippen LogP) is -0.741. The molecule has 27 heavy (non-hydrogen) atoms. The van der Waals surface area contributed by atoms with Crippen LogP contribution in [0.25, 0.3) is 11.0 Å². The van der Waals surface area contributed by atoms with Crippen molar-refractivity contribution in [2.24, 2.45) is 16.8 Å². The van der Waals surface area contributed by atoms with E-state index in [1.165, 1.54) is 6.33 Å². The molecule has 0 amide bonds. The highest BCUT2D eigenvalue weighted by atomic mass is 31.2. The van der Waals surface area contributed by atoms with Gasteiger partial charge in [0.2, 0.25) is 0 Å². The van der Waals surface area contributed by atoms with Crippen LogP contribution in [0, 0.1) is 5.92 Å². The maximum atomic E-state index is 10.9. The van der Waals surface area contributed by atoms with Gasteiger partial charge in [-0.05, 0) is 0 Å². The molecule has 4 atom stereocenters. The van der Waals surface area contributed by atoms with Crippen LogP contribution in [0.2, 0.25) is 0 Å². The number of hydrogen-bond donors (Lipinski definition) is 4. The van der Waals surface area contributed by atoms with E-state index in [1.54, 1.807) is 22.8 Å². The van der Waals surface area contributed by atoms with Gasteiger partial charge in [-0.3, -0.25) is 4.52 Å². The van der Waals surface area contributed by atoms with Crippen LogP contribution in [-0.2, 0) is 13.8 Å². The minimum atomic E-state index is -4.59. The van der Waals surface area contributed by atoms with E-state index < -0.39 is 31.7 Å². The molecule has 0 bridgehead atoms. The van der Waals surface area contributed by atoms with E-state index >= 15 is 0 Å². The van der Waals surface area contributed by atoms with Gasteiger partial charge in [-0.15, -0.1) is 0 Å². The largest absolute Gasteiger partial charge is 0.469 e. The number of phosphoric ester groups is 1. The molecule has 0 radical (unpaired) electrons. The Balaban J connectivity index is 1.44. The van der Waals surface area contributed by atoms with Crippen LogP contribution < -0.4 is 10.7 Å². The quantitative estimate of drug-likeness (QED) is 0.483. The van der Waals surface area contributed by atoms with Crippen LogP contribution in [0.5, 0.6) is 0 Å². The fourth-order valence-corrected chi connectivity index (χ4v) is 4.36. The Morgan fingerprint density at radius 2 is 2.26 bits per heavy atom. The first-order chi connectivity index (χ1) is 12.7. The predicted molar refractivity (Wildman–Crippen MR) is 91.6 cm³/mol. The van der Waals surface area contributed by atoms with Crippen LogP contribution in [-0.4, -0.2) is 60.6 Å². The number of anilines is 1. The average Bonchev–Trinajstić information content (AvgIpc) is 2.89. The summed E-state index contributed by atoms with van der Waals surface area (Å²) in [5.41, 5.74) is 6.14. The Labute approximate surface area is 152 Å². The molecule has 5 rings (SSSR count). The van der Waals surface area contributed by atoms with E-state index in [0.29, 0.717) is 22.9 Å². The summed E-state index contributed by atoms with van der Waals surface area (Å²) in [7, 11) is -2.85. The van der Waals surface area contributed by atoms with Crippen LogP contribution in [0.3, 0.4) is 0 Å². The second kappa shape index (κ2) is 5.25. The lowest BCUT2D eigenvalue weighted by Gasteiger charge is -2.19. The second-order valence-corrected chi connectivity index (χ2v) is 8.19. The third kappa shape index (κ3) is 2.42. The van der Waals surface area contributed by atoms with Crippen molar-refractivity contribution in [1.82, 2.24) is 14.5 Å². The van der Waals surface area contributed by atoms with Crippen molar-refractivity contribution in [3.63, 3.8) is 0 Å². The lowest BCUT2D eigenvalue weighted by Crippen LogP contribution is -2.25. The minimum Gasteiger partial charge on any atom is -0.386 e. The number of aromatic nitrogens is 3. The van der Waals surface area contributed by atoms with E-state index in [2.05, 4.69) is 19.6 Å². The Hall–Kier alpha value is -2.08. The van der Waals surface area contributed by atoms with Gasteiger partial charge in [0.25, 0.3) is 0 Å². The molecule has 144 valence electrons. The third-order valence-corrected chi connectivity index (χ3v) is 5.84. The van der Waals surface area contributed by atoms with Crippen molar-refractivity contribution in [2.75, 3.05) is 18.7 Å². The second-order valence-electron chi connectivity index (χ2n) is 6.95. The molecule has 12 nitrogen and oxygen atoms in total. The zero-order chi connectivity index (χ0) is 19.1. The van der Waals surface area contributed by atoms with Crippen molar-refractivity contribution in [2.45, 2.75) is 24.4 Å². The molecular weight excluding hydrogens is 379 g/mol. The van der Waals surface area contributed by atoms with Crippen LogP contribution in [0.4, 0.5) is 5.82 Å². The first-order valence-corrected chi connectivity index (χ1v) is 9.74. The van der Waals surface area contributed by atoms with Gasteiger partial charge in [-0.2, -0.15) is 5.10 Å². The van der Waals surface area contributed by atoms with Crippen molar-refractivity contribution < 1.29 is 28.7 Å². The summed E-state index contributed by atoms with van der Waals surface area (Å²) in [6.07, 6.45) is 2.38. The third-order valence-electron chi connectivity index (χ3n) is 5.36. The topological polar surface area (TPSA) is 169 Å². The number of ether oxygens (including phenoxy) is 1. The summed E-state index contributed by atoms with van der Waals surface area (Å²) < 4.78 is 23.1. The van der Waals surface area contributed by atoms with Gasteiger partial charge in [-0.1, -0.05) is 0 Å². The molecular formula is C14H17N6O6P. The number of hydrazone groups is 1. The average molecular weight is 396 g/mol. The number of fused-ring (bicyclic) bond motifs is 1. The zero-order valence-electron chi connectivity index (χ0n) is 14.1. The Bertz CT molecular complexity index is 1030. The lowest BCUT2D eigenvalue weighted by molar-refractivity contribution is 0.00454. The van der Waals surface area contributed by atoms with E-state index in [1.807, 2.05) is 0 Å². The standard InChI is InChI=1S/C14H17N6O6P/c1-19-12-9-6(11(15)18-19)3-20(13(9)17-5-16-12)8-2-14(21)7(10(14)26-8)4-25-27(22,23)24/h3,5,7-8,10,21H,2,4H2,1H3,(H2,15,18)(H2,22,23,24)/t7?,8-,10?,14?/m1/s1. The first-order valence-electron chi connectivity index (χ1n) is 8.20. The summed E-state index contributed by atoms with van der Waals surface area (Å²) in [5, 5.41) is 17.3. The van der Waals surface area contributed by atoms with Crippen LogP contribution >= 0.6 is 7.82 Å². The fourth-order valence-electron chi connectivity index (χ4n) is 4.01. The molecule has 13 heteroatoms. The van der Waals surface area contributed by atoms with Gasteiger partial charge in [0.1, 0.15) is 23.8 Å². The maximum Gasteiger partial charge on any atom is 0.469 e. The summed E-state index contributed by atoms with van der Waals surface area (Å²) in [5.74, 6) is 0.470. The Morgan fingerprint density at radius 3 is 2.93 bits per heavy atom. The molecule has 2 aromatic heterocycles. The highest BCUT2D eigenvalue weighted by Gasteiger charge is 2.71. The highest BCUT2D eigenvalue weighted by molar-refractivity contribution is 7.46. The van der Waals surface area contributed by atoms with Gasteiger partial charge < -0.3 is 29.9 Å². The van der Waals surface area contributed by atoms with E-state index in [-0.39, 0.29) is 13.0 Å². The smallest absolute Gasteiger partial charge is 0.386 e. The highest BCUT2D eigenvalue weighted by Crippen LogP contribution is 2.59. The van der Waals surface area contributed by atoms with Crippen LogP contribution in [0.15, 0.2) is 17.6 Å². The summed E-state index contributed by atoms with van der Waals surface area (Å²) in [4.78, 5) is 26.2. The number of phosphoric acid groups is 1. The molecule has 3 unspecified atom stereocenters. The Kier molecular flexibility index (Phi) is 3.32. The lowest BCUT2D eigenvalue weighted by atomic mass is 10.2. The van der Waals surface area contributed by atoms with E-state index in [4.69, 9.17) is 20.3 Å². The first kappa shape index (κ1) is 17.0. The van der Waals surface area contributed by atoms with Gasteiger partial charge in [-0.25, -0.2) is 19.5 Å². The van der Waals surface area contributed by atoms with Gasteiger partial charge in [0.15, 0.2) is 11.7 Å². The summed E-state index contributed by atoms with van der Waals surface area (Å²) in [6, 6.07) is 0. The van der Waals surface area contributed by atoms with Crippen molar-refractivity contribution in [3.8, 4) is 0 Å². The molecule has 0 aromatic carbocycles. The minimum absolute atomic E-state index is 0.238. The van der Waals surface area contributed by atoms with Gasteiger partial charge in [0, 0.05) is 31.1 Å². The summed E-state index contributed by atoms with van der Waals surface area (Å²) in [6.45, 7) is -0.271. The van der Waals surface area contributed by atoms with Gasteiger partial charge >= 0.3 is 7.82 Å². The number of rotatable bonds is 4. The van der Waals surface area contributed by atoms with Crippen molar-refractivity contribution in [1.29, 1.82) is 0 Å². The normalized spacial score (nSPS) is 31.9. The van der Waals surface area contributed by atoms with Crippen molar-refractivity contribution in [3.05, 3.63) is 18.1 Å². The molecule has 0 spiro atoms. The fraction of sp³-hybridized carbons (Fsp3) is 0.500.